The highest BCUT2D eigenvalue weighted by atomic mass is 35.5. The van der Waals surface area contributed by atoms with Crippen LogP contribution < -0.4 is 11.1 Å². The summed E-state index contributed by atoms with van der Waals surface area (Å²) in [6.07, 6.45) is 0.983. The minimum Gasteiger partial charge on any atom is -0.381 e. The van der Waals surface area contributed by atoms with Crippen molar-refractivity contribution in [2.75, 3.05) is 45.9 Å². The molecule has 2 aliphatic rings. The quantitative estimate of drug-likeness (QED) is 0.718. The van der Waals surface area contributed by atoms with Gasteiger partial charge in [-0.2, -0.15) is 0 Å². The van der Waals surface area contributed by atoms with Gasteiger partial charge in [-0.25, -0.2) is 0 Å². The lowest BCUT2D eigenvalue weighted by Gasteiger charge is -2.35. The van der Waals surface area contributed by atoms with Crippen LogP contribution in [0.15, 0.2) is 30.3 Å². The first-order chi connectivity index (χ1) is 12.6. The second-order valence-electron chi connectivity index (χ2n) is 7.09. The van der Waals surface area contributed by atoms with Crippen LogP contribution in [0.2, 0.25) is 0 Å². The molecular formula is C19H30Cl2N4O3. The zero-order valence-corrected chi connectivity index (χ0v) is 17.6. The van der Waals surface area contributed by atoms with Gasteiger partial charge in [0.05, 0.1) is 12.1 Å². The van der Waals surface area contributed by atoms with E-state index in [-0.39, 0.29) is 43.2 Å². The number of carbonyl (C=O) groups is 2. The minimum atomic E-state index is -0.910. The maximum absolute atomic E-state index is 12.4. The molecule has 9 heteroatoms. The van der Waals surface area contributed by atoms with E-state index in [4.69, 9.17) is 10.5 Å². The Morgan fingerprint density at radius 1 is 1.04 bits per heavy atom. The van der Waals surface area contributed by atoms with E-state index in [9.17, 15) is 9.59 Å². The van der Waals surface area contributed by atoms with E-state index in [1.165, 1.54) is 5.56 Å². The Kier molecular flexibility index (Phi) is 10.2. The van der Waals surface area contributed by atoms with Crippen molar-refractivity contribution in [1.82, 2.24) is 15.1 Å². The summed E-state index contributed by atoms with van der Waals surface area (Å²) in [6.45, 7) is 4.93. The molecule has 158 valence electrons. The highest BCUT2D eigenvalue weighted by Gasteiger charge is 2.36. The molecule has 28 heavy (non-hydrogen) atoms. The average molecular weight is 433 g/mol. The second-order valence-corrected chi connectivity index (χ2v) is 7.09. The van der Waals surface area contributed by atoms with Gasteiger partial charge in [0.2, 0.25) is 11.8 Å². The van der Waals surface area contributed by atoms with Crippen molar-refractivity contribution in [2.45, 2.75) is 24.9 Å². The van der Waals surface area contributed by atoms with E-state index in [0.717, 1.165) is 19.6 Å². The lowest BCUT2D eigenvalue weighted by atomic mass is 9.90. The predicted octanol–water partition coefficient (Wildman–Crippen LogP) is 0.798. The molecule has 7 nitrogen and oxygen atoms in total. The Balaban J connectivity index is 0.00000196. The van der Waals surface area contributed by atoms with Gasteiger partial charge in [0.25, 0.3) is 0 Å². The number of piperazine rings is 1. The van der Waals surface area contributed by atoms with E-state index < -0.39 is 5.54 Å². The van der Waals surface area contributed by atoms with Crippen LogP contribution in [0.25, 0.3) is 0 Å². The summed E-state index contributed by atoms with van der Waals surface area (Å²) in [6, 6.07) is 10.3. The van der Waals surface area contributed by atoms with Gasteiger partial charge in [0.1, 0.15) is 0 Å². The first kappa shape index (κ1) is 24.7. The molecule has 3 rings (SSSR count). The summed E-state index contributed by atoms with van der Waals surface area (Å²) in [7, 11) is 0. The van der Waals surface area contributed by atoms with Crippen molar-refractivity contribution in [3.63, 3.8) is 0 Å². The number of nitrogens with one attached hydrogen (secondary N) is 1. The van der Waals surface area contributed by atoms with Crippen molar-refractivity contribution in [3.05, 3.63) is 35.9 Å². The highest BCUT2D eigenvalue weighted by Crippen LogP contribution is 2.17. The van der Waals surface area contributed by atoms with Gasteiger partial charge in [-0.1, -0.05) is 30.3 Å². The highest BCUT2D eigenvalue weighted by molar-refractivity contribution is 5.90. The fourth-order valence-corrected chi connectivity index (χ4v) is 3.40. The largest absolute Gasteiger partial charge is 0.381 e. The zero-order valence-electron chi connectivity index (χ0n) is 16.0. The Labute approximate surface area is 178 Å². The third-order valence-corrected chi connectivity index (χ3v) is 5.21. The van der Waals surface area contributed by atoms with Crippen molar-refractivity contribution in [1.29, 1.82) is 0 Å². The number of benzene rings is 1. The maximum Gasteiger partial charge on any atom is 0.242 e. The molecule has 2 aliphatic heterocycles. The molecule has 0 unspecified atom stereocenters. The van der Waals surface area contributed by atoms with Crippen molar-refractivity contribution >= 4 is 36.6 Å². The van der Waals surface area contributed by atoms with Crippen molar-refractivity contribution in [3.8, 4) is 0 Å². The van der Waals surface area contributed by atoms with Gasteiger partial charge < -0.3 is 20.7 Å². The van der Waals surface area contributed by atoms with E-state index in [2.05, 4.69) is 22.3 Å². The third-order valence-electron chi connectivity index (χ3n) is 5.21. The van der Waals surface area contributed by atoms with Crippen LogP contribution in [0, 0.1) is 0 Å². The topological polar surface area (TPSA) is 87.9 Å². The van der Waals surface area contributed by atoms with E-state index in [0.29, 0.717) is 39.1 Å². The number of amides is 2. The molecule has 1 aromatic rings. The normalized spacial score (nSPS) is 19.1. The van der Waals surface area contributed by atoms with Gasteiger partial charge in [0.15, 0.2) is 0 Å². The van der Waals surface area contributed by atoms with Crippen LogP contribution in [0.3, 0.4) is 0 Å². The first-order valence-corrected chi connectivity index (χ1v) is 9.26. The Morgan fingerprint density at radius 2 is 1.64 bits per heavy atom. The molecule has 0 saturated carbocycles. The van der Waals surface area contributed by atoms with Gasteiger partial charge in [-0.05, 0) is 18.4 Å². The summed E-state index contributed by atoms with van der Waals surface area (Å²) in [5, 5.41) is 2.72. The summed E-state index contributed by atoms with van der Waals surface area (Å²) in [4.78, 5) is 28.8. The molecule has 0 atom stereocenters. The lowest BCUT2D eigenvalue weighted by Crippen LogP contribution is -2.58. The van der Waals surface area contributed by atoms with Crippen LogP contribution in [0.1, 0.15) is 18.4 Å². The number of nitrogens with zero attached hydrogens (tertiary/aromatic N) is 2. The molecule has 0 bridgehead atoms. The lowest BCUT2D eigenvalue weighted by molar-refractivity contribution is -0.136. The summed E-state index contributed by atoms with van der Waals surface area (Å²) in [5.41, 5.74) is 6.51. The maximum atomic E-state index is 12.4. The van der Waals surface area contributed by atoms with Crippen LogP contribution in [0.4, 0.5) is 0 Å². The Morgan fingerprint density at radius 3 is 2.25 bits per heavy atom. The minimum absolute atomic E-state index is 0. The molecule has 2 amide bonds. The second kappa shape index (κ2) is 11.6. The van der Waals surface area contributed by atoms with Gasteiger partial charge in [-0.3, -0.25) is 14.5 Å². The van der Waals surface area contributed by atoms with Gasteiger partial charge in [-0.15, -0.1) is 24.8 Å². The fraction of sp³-hybridized carbons (Fsp3) is 0.579. The summed E-state index contributed by atoms with van der Waals surface area (Å²) in [5.74, 6) is -0.301. The number of rotatable bonds is 5. The van der Waals surface area contributed by atoms with Crippen molar-refractivity contribution in [2.24, 2.45) is 5.73 Å². The summed E-state index contributed by atoms with van der Waals surface area (Å²) < 4.78 is 5.25. The molecular weight excluding hydrogens is 403 g/mol. The molecule has 2 fully saturated rings. The van der Waals surface area contributed by atoms with Crippen LogP contribution >= 0.6 is 24.8 Å². The van der Waals surface area contributed by atoms with E-state index >= 15 is 0 Å². The Bertz CT molecular complexity index is 619. The van der Waals surface area contributed by atoms with E-state index in [1.54, 1.807) is 0 Å². The SMILES string of the molecule is Cl.Cl.NC1(C(=O)NCC(=O)N2CCN(Cc3ccccc3)CC2)CCOCC1. The molecule has 0 aromatic heterocycles. The Hall–Kier alpha value is -1.38. The average Bonchev–Trinajstić information content (AvgIpc) is 2.68. The molecule has 0 aliphatic carbocycles. The molecule has 1 aromatic carbocycles. The fourth-order valence-electron chi connectivity index (χ4n) is 3.40. The predicted molar refractivity (Wildman–Crippen MR) is 113 cm³/mol. The number of hydrogen-bond donors (Lipinski definition) is 2. The number of carbonyl (C=O) groups excluding carboxylic acids is 2. The smallest absolute Gasteiger partial charge is 0.242 e. The number of halogens is 2. The number of ether oxygens (including phenoxy) is 1. The van der Waals surface area contributed by atoms with Gasteiger partial charge >= 0.3 is 0 Å². The molecule has 2 heterocycles. The summed E-state index contributed by atoms with van der Waals surface area (Å²) >= 11 is 0. The third kappa shape index (κ3) is 6.60. The number of hydrogen-bond acceptors (Lipinski definition) is 5. The first-order valence-electron chi connectivity index (χ1n) is 9.26. The molecule has 3 N–H and O–H groups in total. The van der Waals surface area contributed by atoms with E-state index in [1.807, 2.05) is 23.1 Å². The monoisotopic (exact) mass is 432 g/mol. The number of nitrogens with two attached hydrogens (primary N) is 1. The molecule has 0 radical (unpaired) electrons. The molecule has 0 spiro atoms. The standard InChI is InChI=1S/C19H28N4O3.2ClH/c20-19(6-12-26-13-7-19)18(25)21-14-17(24)23-10-8-22(9-11-23)15-16-4-2-1-3-5-16;;/h1-5H,6-15,20H2,(H,21,25);2*1H. The van der Waals surface area contributed by atoms with Crippen LogP contribution in [0.5, 0.6) is 0 Å². The molecule has 2 saturated heterocycles. The van der Waals surface area contributed by atoms with Gasteiger partial charge in [0, 0.05) is 45.9 Å². The van der Waals surface area contributed by atoms with Crippen molar-refractivity contribution < 1.29 is 14.3 Å². The van der Waals surface area contributed by atoms with Crippen LogP contribution in [-0.2, 0) is 20.9 Å². The van der Waals surface area contributed by atoms with Crippen LogP contribution in [-0.4, -0.2) is 73.1 Å². The zero-order chi connectivity index (χ0) is 18.4.